The van der Waals surface area contributed by atoms with E-state index < -0.39 is 27.9 Å². The molecule has 33 heavy (non-hydrogen) atoms. The molecule has 0 aliphatic carbocycles. The van der Waals surface area contributed by atoms with Gasteiger partial charge in [-0.25, -0.2) is 13.2 Å². The van der Waals surface area contributed by atoms with Crippen LogP contribution in [-0.2, 0) is 32.5 Å². The number of esters is 1. The highest BCUT2D eigenvalue weighted by Gasteiger charge is 2.39. The molecule has 0 saturated heterocycles. The molecule has 3 aromatic carbocycles. The molecular formula is C25H24N2O5S. The second-order valence-electron chi connectivity index (χ2n) is 7.88. The molecule has 1 aliphatic rings. The van der Waals surface area contributed by atoms with Crippen molar-refractivity contribution in [1.29, 1.82) is 0 Å². The first-order valence-corrected chi connectivity index (χ1v) is 11.9. The number of hydrogen-bond donors (Lipinski definition) is 1. The molecule has 3 aromatic rings. The van der Waals surface area contributed by atoms with Crippen LogP contribution in [0.3, 0.4) is 0 Å². The lowest BCUT2D eigenvalue weighted by Crippen LogP contribution is -2.50. The molecule has 170 valence electrons. The van der Waals surface area contributed by atoms with Crippen LogP contribution >= 0.6 is 0 Å². The van der Waals surface area contributed by atoms with Gasteiger partial charge in [0.1, 0.15) is 6.04 Å². The Morgan fingerprint density at radius 1 is 0.939 bits per heavy atom. The van der Waals surface area contributed by atoms with Gasteiger partial charge >= 0.3 is 5.97 Å². The van der Waals surface area contributed by atoms with Crippen LogP contribution in [0.4, 0.5) is 5.69 Å². The van der Waals surface area contributed by atoms with Gasteiger partial charge in [0.2, 0.25) is 15.9 Å². The van der Waals surface area contributed by atoms with E-state index >= 15 is 0 Å². The molecule has 1 atom stereocenters. The number of carbonyl (C=O) groups excluding carboxylic acids is 2. The molecule has 0 radical (unpaired) electrons. The Kier molecular flexibility index (Phi) is 6.31. The number of carbonyl (C=O) groups is 2. The SMILES string of the molecule is COC(=O)c1ccccc1NC(=O)[C@H]1Cc2ccccc2CN1S(=O)(=O)c1ccc(C)cc1. The standard InChI is InChI=1S/C25H24N2O5S/c1-17-11-13-20(14-12-17)33(30,31)27-16-19-8-4-3-7-18(19)15-23(27)24(28)26-22-10-6-5-9-21(22)25(29)32-2/h3-14,23H,15-16H2,1-2H3,(H,26,28)/t23-/m1/s1. The van der Waals surface area contributed by atoms with E-state index in [0.29, 0.717) is 0 Å². The number of ether oxygens (including phenoxy) is 1. The minimum atomic E-state index is -3.96. The number of benzene rings is 3. The first kappa shape index (κ1) is 22.7. The number of amides is 1. The average Bonchev–Trinajstić information content (AvgIpc) is 2.83. The van der Waals surface area contributed by atoms with Crippen LogP contribution in [0.25, 0.3) is 0 Å². The Labute approximate surface area is 193 Å². The topological polar surface area (TPSA) is 92.8 Å². The van der Waals surface area contributed by atoms with Crippen molar-refractivity contribution in [1.82, 2.24) is 4.31 Å². The van der Waals surface area contributed by atoms with Gasteiger partial charge in [-0.3, -0.25) is 4.79 Å². The lowest BCUT2D eigenvalue weighted by atomic mass is 9.95. The van der Waals surface area contributed by atoms with Crippen LogP contribution < -0.4 is 5.32 Å². The van der Waals surface area contributed by atoms with Crippen molar-refractivity contribution >= 4 is 27.6 Å². The molecule has 0 saturated carbocycles. The third-order valence-electron chi connectivity index (χ3n) is 5.73. The average molecular weight is 465 g/mol. The lowest BCUT2D eigenvalue weighted by molar-refractivity contribution is -0.120. The highest BCUT2D eigenvalue weighted by atomic mass is 32.2. The normalized spacial score (nSPS) is 16.0. The van der Waals surface area contributed by atoms with Crippen molar-refractivity contribution in [3.05, 3.63) is 95.1 Å². The van der Waals surface area contributed by atoms with Gasteiger partial charge in [0, 0.05) is 6.54 Å². The summed E-state index contributed by atoms with van der Waals surface area (Å²) >= 11 is 0. The number of nitrogens with zero attached hydrogens (tertiary/aromatic N) is 1. The maximum Gasteiger partial charge on any atom is 0.339 e. The molecule has 1 N–H and O–H groups in total. The third-order valence-corrected chi connectivity index (χ3v) is 7.59. The molecule has 0 unspecified atom stereocenters. The monoisotopic (exact) mass is 464 g/mol. The minimum absolute atomic E-state index is 0.0725. The number of hydrogen-bond acceptors (Lipinski definition) is 5. The van der Waals surface area contributed by atoms with E-state index in [2.05, 4.69) is 5.32 Å². The van der Waals surface area contributed by atoms with Crippen LogP contribution in [0.2, 0.25) is 0 Å². The highest BCUT2D eigenvalue weighted by molar-refractivity contribution is 7.89. The van der Waals surface area contributed by atoms with Gasteiger partial charge in [-0.2, -0.15) is 4.31 Å². The quantitative estimate of drug-likeness (QED) is 0.583. The van der Waals surface area contributed by atoms with Crippen LogP contribution in [0.15, 0.2) is 77.7 Å². The molecule has 4 rings (SSSR count). The number of methoxy groups -OCH3 is 1. The molecule has 1 aliphatic heterocycles. The van der Waals surface area contributed by atoms with Gasteiger partial charge in [-0.05, 0) is 48.7 Å². The van der Waals surface area contributed by atoms with Gasteiger partial charge in [0.25, 0.3) is 0 Å². The molecule has 1 heterocycles. The first-order valence-electron chi connectivity index (χ1n) is 10.4. The molecule has 1 amide bonds. The number of aryl methyl sites for hydroxylation is 1. The Morgan fingerprint density at radius 3 is 2.27 bits per heavy atom. The van der Waals surface area contributed by atoms with Crippen molar-refractivity contribution in [2.24, 2.45) is 0 Å². The van der Waals surface area contributed by atoms with Crippen molar-refractivity contribution in [3.63, 3.8) is 0 Å². The third kappa shape index (κ3) is 4.53. The summed E-state index contributed by atoms with van der Waals surface area (Å²) in [6.07, 6.45) is 0.216. The van der Waals surface area contributed by atoms with Crippen LogP contribution in [0, 0.1) is 6.92 Å². The van der Waals surface area contributed by atoms with Gasteiger partial charge in [0.15, 0.2) is 0 Å². The molecule has 0 fully saturated rings. The van der Waals surface area contributed by atoms with E-state index in [1.165, 1.54) is 11.4 Å². The molecule has 8 heteroatoms. The molecule has 7 nitrogen and oxygen atoms in total. The summed E-state index contributed by atoms with van der Waals surface area (Å²) in [5.74, 6) is -1.11. The fourth-order valence-corrected chi connectivity index (χ4v) is 5.48. The summed E-state index contributed by atoms with van der Waals surface area (Å²) < 4.78 is 33.2. The van der Waals surface area contributed by atoms with E-state index in [9.17, 15) is 18.0 Å². The van der Waals surface area contributed by atoms with Crippen molar-refractivity contribution < 1.29 is 22.7 Å². The number of fused-ring (bicyclic) bond motifs is 1. The van der Waals surface area contributed by atoms with E-state index in [4.69, 9.17) is 4.74 Å². The summed E-state index contributed by atoms with van der Waals surface area (Å²) in [7, 11) is -2.70. The fourth-order valence-electron chi connectivity index (χ4n) is 3.92. The van der Waals surface area contributed by atoms with Gasteiger partial charge in [-0.1, -0.05) is 54.1 Å². The summed E-state index contributed by atoms with van der Waals surface area (Å²) in [6.45, 7) is 1.95. The minimum Gasteiger partial charge on any atom is -0.465 e. The van der Waals surface area contributed by atoms with Crippen molar-refractivity contribution in [2.75, 3.05) is 12.4 Å². The smallest absolute Gasteiger partial charge is 0.339 e. The largest absolute Gasteiger partial charge is 0.465 e. The van der Waals surface area contributed by atoms with Gasteiger partial charge < -0.3 is 10.1 Å². The maximum absolute atomic E-state index is 13.6. The number of sulfonamides is 1. The predicted octanol–water partition coefficient (Wildman–Crippen LogP) is 3.54. The molecule has 0 bridgehead atoms. The van der Waals surface area contributed by atoms with Crippen LogP contribution in [0.1, 0.15) is 27.0 Å². The van der Waals surface area contributed by atoms with E-state index in [1.807, 2.05) is 31.2 Å². The molecular weight excluding hydrogens is 440 g/mol. The fraction of sp³-hybridized carbons (Fsp3) is 0.200. The maximum atomic E-state index is 13.6. The number of para-hydroxylation sites is 1. The van der Waals surface area contributed by atoms with Crippen molar-refractivity contribution in [2.45, 2.75) is 30.8 Å². The highest BCUT2D eigenvalue weighted by Crippen LogP contribution is 2.30. The summed E-state index contributed by atoms with van der Waals surface area (Å²) in [6, 6.07) is 19.5. The Balaban J connectivity index is 1.72. The summed E-state index contributed by atoms with van der Waals surface area (Å²) in [5.41, 5.74) is 3.16. The Hall–Kier alpha value is -3.49. The number of rotatable bonds is 5. The predicted molar refractivity (Wildman–Crippen MR) is 124 cm³/mol. The number of anilines is 1. The van der Waals surface area contributed by atoms with Crippen molar-refractivity contribution in [3.8, 4) is 0 Å². The zero-order valence-corrected chi connectivity index (χ0v) is 19.1. The molecule has 0 spiro atoms. The van der Waals surface area contributed by atoms with Gasteiger partial charge in [-0.15, -0.1) is 0 Å². The summed E-state index contributed by atoms with van der Waals surface area (Å²) in [5, 5.41) is 2.74. The van der Waals surface area contributed by atoms with E-state index in [1.54, 1.807) is 48.5 Å². The van der Waals surface area contributed by atoms with E-state index in [0.717, 1.165) is 16.7 Å². The second-order valence-corrected chi connectivity index (χ2v) is 9.77. The van der Waals surface area contributed by atoms with E-state index in [-0.39, 0.29) is 29.1 Å². The number of nitrogens with one attached hydrogen (secondary N) is 1. The summed E-state index contributed by atoms with van der Waals surface area (Å²) in [4.78, 5) is 25.7. The van der Waals surface area contributed by atoms with Gasteiger partial charge in [0.05, 0.1) is 23.3 Å². The van der Waals surface area contributed by atoms with Crippen LogP contribution in [-0.4, -0.2) is 37.8 Å². The molecule has 0 aromatic heterocycles. The Morgan fingerprint density at radius 2 is 1.58 bits per heavy atom. The lowest BCUT2D eigenvalue weighted by Gasteiger charge is -2.35. The zero-order valence-electron chi connectivity index (χ0n) is 18.3. The van der Waals surface area contributed by atoms with Crippen LogP contribution in [0.5, 0.6) is 0 Å². The first-order chi connectivity index (χ1) is 15.8. The Bertz CT molecular complexity index is 1300. The zero-order chi connectivity index (χ0) is 23.6. The second kappa shape index (κ2) is 9.17.